The summed E-state index contributed by atoms with van der Waals surface area (Å²) in [7, 11) is 0. The number of carbonyl (C=O) groups is 1. The predicted molar refractivity (Wildman–Crippen MR) is 96.8 cm³/mol. The first-order chi connectivity index (χ1) is 13.1. The van der Waals surface area contributed by atoms with Crippen molar-refractivity contribution in [2.45, 2.75) is 19.3 Å². The predicted octanol–water partition coefficient (Wildman–Crippen LogP) is 4.29. The normalized spacial score (nSPS) is 11.0. The standard InChI is InChI=1S/C17H14Cl2F3N3O3/c18-13-6-2-4-11(14(13)19)9-27-12-5-1-3-10(7-12)8-25(16(23)24)28-15(26)17(20,21)22/h1-7H,8-9H2,(H3,23,24). The molecule has 0 atom stereocenters. The maximum Gasteiger partial charge on any atom is 0.493 e. The third kappa shape index (κ3) is 5.93. The molecule has 2 rings (SSSR count). The molecular formula is C17H14Cl2F3N3O3. The van der Waals surface area contributed by atoms with Crippen molar-refractivity contribution in [2.24, 2.45) is 5.73 Å². The number of halogens is 5. The number of hydrogen-bond acceptors (Lipinski definition) is 4. The van der Waals surface area contributed by atoms with Crippen molar-refractivity contribution in [2.75, 3.05) is 0 Å². The van der Waals surface area contributed by atoms with E-state index < -0.39 is 18.1 Å². The number of guanidine groups is 1. The van der Waals surface area contributed by atoms with Gasteiger partial charge in [0.25, 0.3) is 0 Å². The second-order valence-corrected chi connectivity index (χ2v) is 6.23. The quantitative estimate of drug-likeness (QED) is 0.415. The molecule has 28 heavy (non-hydrogen) atoms. The van der Waals surface area contributed by atoms with E-state index in [0.717, 1.165) is 0 Å². The average molecular weight is 436 g/mol. The summed E-state index contributed by atoms with van der Waals surface area (Å²) in [5.41, 5.74) is 6.22. The minimum Gasteiger partial charge on any atom is -0.489 e. The van der Waals surface area contributed by atoms with Crippen LogP contribution in [-0.4, -0.2) is 23.2 Å². The minimum atomic E-state index is -5.21. The molecule has 0 saturated heterocycles. The number of carbonyl (C=O) groups excluding carboxylic acids is 1. The Morgan fingerprint density at radius 2 is 1.86 bits per heavy atom. The molecule has 0 amide bonds. The summed E-state index contributed by atoms with van der Waals surface area (Å²) in [6, 6.07) is 11.3. The van der Waals surface area contributed by atoms with E-state index >= 15 is 0 Å². The zero-order chi connectivity index (χ0) is 20.9. The van der Waals surface area contributed by atoms with Crippen LogP contribution in [0.5, 0.6) is 5.75 Å². The molecule has 11 heteroatoms. The number of hydroxylamine groups is 2. The molecule has 0 radical (unpaired) electrons. The van der Waals surface area contributed by atoms with Gasteiger partial charge in [0.1, 0.15) is 12.4 Å². The van der Waals surface area contributed by atoms with Crippen LogP contribution < -0.4 is 10.5 Å². The largest absolute Gasteiger partial charge is 0.493 e. The van der Waals surface area contributed by atoms with Gasteiger partial charge in [-0.3, -0.25) is 5.41 Å². The van der Waals surface area contributed by atoms with E-state index in [1.54, 1.807) is 30.3 Å². The van der Waals surface area contributed by atoms with Gasteiger partial charge in [-0.1, -0.05) is 47.5 Å². The van der Waals surface area contributed by atoms with E-state index in [2.05, 4.69) is 4.84 Å². The number of hydrogen-bond donors (Lipinski definition) is 2. The van der Waals surface area contributed by atoms with Gasteiger partial charge < -0.3 is 15.3 Å². The Morgan fingerprint density at radius 3 is 2.50 bits per heavy atom. The van der Waals surface area contributed by atoms with Crippen LogP contribution in [-0.2, 0) is 22.8 Å². The average Bonchev–Trinajstić information content (AvgIpc) is 2.62. The molecule has 0 saturated carbocycles. The number of alkyl halides is 3. The maximum absolute atomic E-state index is 12.3. The van der Waals surface area contributed by atoms with Gasteiger partial charge in [0, 0.05) is 5.56 Å². The summed E-state index contributed by atoms with van der Waals surface area (Å²) in [5.74, 6) is -2.97. The summed E-state index contributed by atoms with van der Waals surface area (Å²) in [5, 5.41) is 8.34. The van der Waals surface area contributed by atoms with Crippen LogP contribution in [0.1, 0.15) is 11.1 Å². The van der Waals surface area contributed by atoms with Crippen molar-refractivity contribution in [3.05, 3.63) is 63.6 Å². The van der Waals surface area contributed by atoms with Gasteiger partial charge in [0.2, 0.25) is 5.96 Å². The first-order valence-electron chi connectivity index (χ1n) is 7.63. The highest BCUT2D eigenvalue weighted by Crippen LogP contribution is 2.27. The smallest absolute Gasteiger partial charge is 0.489 e. The highest BCUT2D eigenvalue weighted by atomic mass is 35.5. The minimum absolute atomic E-state index is 0.0995. The molecule has 0 spiro atoms. The summed E-state index contributed by atoms with van der Waals surface area (Å²) in [6.07, 6.45) is -5.21. The molecule has 0 aliphatic carbocycles. The van der Waals surface area contributed by atoms with Crippen LogP contribution in [0, 0.1) is 5.41 Å². The maximum atomic E-state index is 12.3. The fourth-order valence-corrected chi connectivity index (χ4v) is 2.41. The van der Waals surface area contributed by atoms with E-state index in [9.17, 15) is 18.0 Å². The Kier molecular flexibility index (Phi) is 6.98. The second kappa shape index (κ2) is 9.03. The number of nitrogens with one attached hydrogen (secondary N) is 1. The van der Waals surface area contributed by atoms with E-state index in [-0.39, 0.29) is 13.2 Å². The number of benzene rings is 2. The van der Waals surface area contributed by atoms with Crippen molar-refractivity contribution >= 4 is 35.1 Å². The Hall–Kier alpha value is -2.65. The lowest BCUT2D eigenvalue weighted by Crippen LogP contribution is -2.41. The number of rotatable bonds is 5. The molecule has 2 aromatic carbocycles. The topological polar surface area (TPSA) is 88.6 Å². The summed E-state index contributed by atoms with van der Waals surface area (Å²) in [4.78, 5) is 15.1. The van der Waals surface area contributed by atoms with Crippen LogP contribution >= 0.6 is 23.2 Å². The van der Waals surface area contributed by atoms with Crippen LogP contribution in [0.3, 0.4) is 0 Å². The number of nitrogens with zero attached hydrogens (tertiary/aromatic N) is 1. The van der Waals surface area contributed by atoms with Crippen molar-refractivity contribution in [1.29, 1.82) is 5.41 Å². The number of nitrogens with two attached hydrogens (primary N) is 1. The van der Waals surface area contributed by atoms with E-state index in [0.29, 0.717) is 32.0 Å². The fraction of sp³-hybridized carbons (Fsp3) is 0.176. The molecule has 0 fully saturated rings. The monoisotopic (exact) mass is 435 g/mol. The van der Waals surface area contributed by atoms with E-state index in [4.69, 9.17) is 39.1 Å². The van der Waals surface area contributed by atoms with Gasteiger partial charge in [-0.2, -0.15) is 18.2 Å². The summed E-state index contributed by atoms with van der Waals surface area (Å²) >= 11 is 12.0. The molecule has 6 nitrogen and oxygen atoms in total. The zero-order valence-electron chi connectivity index (χ0n) is 14.1. The summed E-state index contributed by atoms with van der Waals surface area (Å²) in [6.45, 7) is -0.283. The molecule has 2 aromatic rings. The molecule has 0 bridgehead atoms. The highest BCUT2D eigenvalue weighted by molar-refractivity contribution is 6.42. The van der Waals surface area contributed by atoms with Crippen LogP contribution in [0.25, 0.3) is 0 Å². The lowest BCUT2D eigenvalue weighted by Gasteiger charge is -2.21. The number of ether oxygens (including phenoxy) is 1. The SMILES string of the molecule is N=C(N)N(Cc1cccc(OCc2cccc(Cl)c2Cl)c1)OC(=O)C(F)(F)F. The van der Waals surface area contributed by atoms with Gasteiger partial charge >= 0.3 is 12.1 Å². The molecule has 0 aromatic heterocycles. The van der Waals surface area contributed by atoms with E-state index in [1.807, 2.05) is 0 Å². The fourth-order valence-electron chi connectivity index (χ4n) is 2.04. The van der Waals surface area contributed by atoms with Crippen molar-refractivity contribution in [3.8, 4) is 5.75 Å². The lowest BCUT2D eigenvalue weighted by molar-refractivity contribution is -0.227. The highest BCUT2D eigenvalue weighted by Gasteiger charge is 2.43. The zero-order valence-corrected chi connectivity index (χ0v) is 15.6. The van der Waals surface area contributed by atoms with Gasteiger partial charge in [0.15, 0.2) is 0 Å². The van der Waals surface area contributed by atoms with Gasteiger partial charge in [-0.15, -0.1) is 0 Å². The van der Waals surface area contributed by atoms with E-state index in [1.165, 1.54) is 12.1 Å². The first kappa shape index (κ1) is 21.6. The van der Waals surface area contributed by atoms with Crippen LogP contribution in [0.2, 0.25) is 10.0 Å². The van der Waals surface area contributed by atoms with Gasteiger partial charge in [0.05, 0.1) is 16.6 Å². The Bertz CT molecular complexity index is 878. The van der Waals surface area contributed by atoms with Crippen molar-refractivity contribution < 1.29 is 27.5 Å². The van der Waals surface area contributed by atoms with Gasteiger partial charge in [-0.05, 0) is 23.8 Å². The second-order valence-electron chi connectivity index (χ2n) is 5.45. The third-order valence-electron chi connectivity index (χ3n) is 3.34. The van der Waals surface area contributed by atoms with Crippen LogP contribution in [0.4, 0.5) is 13.2 Å². The summed E-state index contributed by atoms with van der Waals surface area (Å²) < 4.78 is 42.6. The third-order valence-corrected chi connectivity index (χ3v) is 4.20. The lowest BCUT2D eigenvalue weighted by atomic mass is 10.2. The Morgan fingerprint density at radius 1 is 1.18 bits per heavy atom. The van der Waals surface area contributed by atoms with Crippen molar-refractivity contribution in [3.63, 3.8) is 0 Å². The molecule has 150 valence electrons. The molecule has 0 heterocycles. The molecule has 0 aliphatic heterocycles. The van der Waals surface area contributed by atoms with Crippen molar-refractivity contribution in [1.82, 2.24) is 5.06 Å². The molecule has 3 N–H and O–H groups in total. The molecule has 0 unspecified atom stereocenters. The molecular weight excluding hydrogens is 422 g/mol. The Labute approximate surface area is 168 Å². The van der Waals surface area contributed by atoms with Gasteiger partial charge in [-0.25, -0.2) is 4.79 Å². The van der Waals surface area contributed by atoms with Crippen LogP contribution in [0.15, 0.2) is 42.5 Å². The molecule has 0 aliphatic rings. The Balaban J connectivity index is 2.07. The first-order valence-corrected chi connectivity index (χ1v) is 8.39.